The number of hydrogen-bond donors (Lipinski definition) is 3. The number of aromatic nitrogens is 3. The average molecular weight is 462 g/mol. The average Bonchev–Trinajstić information content (AvgIpc) is 3.27. The highest BCUT2D eigenvalue weighted by molar-refractivity contribution is 6.33. The van der Waals surface area contributed by atoms with Gasteiger partial charge in [0.15, 0.2) is 5.65 Å². The summed E-state index contributed by atoms with van der Waals surface area (Å²) < 4.78 is 7.47. The maximum absolute atomic E-state index is 12.7. The quantitative estimate of drug-likeness (QED) is 0.447. The number of hydrogen-bond acceptors (Lipinski definition) is 5. The number of carbonyl (C=O) groups excluding carboxylic acids is 1. The van der Waals surface area contributed by atoms with Gasteiger partial charge in [-0.3, -0.25) is 0 Å². The number of rotatable bonds is 8. The van der Waals surface area contributed by atoms with E-state index in [1.807, 2.05) is 10.9 Å². The van der Waals surface area contributed by atoms with Crippen molar-refractivity contribution in [3.63, 3.8) is 0 Å². The molecule has 0 spiro atoms. The lowest BCUT2D eigenvalue weighted by Gasteiger charge is -2.26. The SMILES string of the molecule is Bc1cc(CNC(=O)NCc2c(CC)nc3c(cnn3CC)c2NC2CCOCC2)ccc1C. The van der Waals surface area contributed by atoms with Crippen LogP contribution in [-0.4, -0.2) is 47.9 Å². The number of ether oxygens (including phenoxy) is 1. The molecule has 180 valence electrons. The van der Waals surface area contributed by atoms with Gasteiger partial charge in [0.05, 0.1) is 17.3 Å². The van der Waals surface area contributed by atoms with E-state index in [0.717, 1.165) is 72.6 Å². The van der Waals surface area contributed by atoms with Crippen molar-refractivity contribution in [2.75, 3.05) is 18.5 Å². The van der Waals surface area contributed by atoms with Crippen molar-refractivity contribution in [2.24, 2.45) is 0 Å². The number of pyridine rings is 1. The number of nitrogens with zero attached hydrogens (tertiary/aromatic N) is 3. The maximum atomic E-state index is 12.7. The van der Waals surface area contributed by atoms with Crippen molar-refractivity contribution in [3.8, 4) is 0 Å². The lowest BCUT2D eigenvalue weighted by molar-refractivity contribution is 0.0904. The molecule has 0 radical (unpaired) electrons. The fourth-order valence-corrected chi connectivity index (χ4v) is 4.43. The minimum absolute atomic E-state index is 0.193. The van der Waals surface area contributed by atoms with Gasteiger partial charge in [0.25, 0.3) is 0 Å². The number of urea groups is 1. The lowest BCUT2D eigenvalue weighted by Crippen LogP contribution is -2.35. The van der Waals surface area contributed by atoms with E-state index in [9.17, 15) is 4.79 Å². The summed E-state index contributed by atoms with van der Waals surface area (Å²) in [4.78, 5) is 17.6. The standard InChI is InChI=1S/C25H35BN6O2/c1-4-22-19(14-28-25(33)27-13-17-7-6-16(3)21(26)12-17)23(30-18-8-10-34-11-9-18)20-15-29-32(5-2)24(20)31-22/h6-7,12,15,18H,4-5,8-11,13-14,26H2,1-3H3,(H,30,31)(H2,27,28,33). The zero-order valence-corrected chi connectivity index (χ0v) is 20.7. The molecule has 4 rings (SSSR count). The van der Waals surface area contributed by atoms with Crippen molar-refractivity contribution in [2.45, 2.75) is 65.7 Å². The number of benzene rings is 1. The van der Waals surface area contributed by atoms with Gasteiger partial charge in [0.2, 0.25) is 0 Å². The van der Waals surface area contributed by atoms with Crippen molar-refractivity contribution in [1.82, 2.24) is 25.4 Å². The summed E-state index contributed by atoms with van der Waals surface area (Å²) in [5, 5.41) is 15.3. The third kappa shape index (κ3) is 5.36. The predicted octanol–water partition coefficient (Wildman–Crippen LogP) is 2.17. The van der Waals surface area contributed by atoms with Crippen LogP contribution in [0.15, 0.2) is 24.4 Å². The molecule has 34 heavy (non-hydrogen) atoms. The zero-order chi connectivity index (χ0) is 24.1. The monoisotopic (exact) mass is 462 g/mol. The molecule has 3 heterocycles. The minimum atomic E-state index is -0.193. The van der Waals surface area contributed by atoms with Crippen LogP contribution in [0.25, 0.3) is 11.0 Å². The van der Waals surface area contributed by atoms with E-state index in [1.165, 1.54) is 11.0 Å². The molecule has 1 aliphatic heterocycles. The molecule has 1 fully saturated rings. The van der Waals surface area contributed by atoms with Gasteiger partial charge < -0.3 is 20.7 Å². The number of amides is 2. The first-order chi connectivity index (χ1) is 16.5. The van der Waals surface area contributed by atoms with E-state index in [0.29, 0.717) is 19.1 Å². The van der Waals surface area contributed by atoms with Crippen molar-refractivity contribution in [3.05, 3.63) is 46.8 Å². The van der Waals surface area contributed by atoms with Gasteiger partial charge in [-0.1, -0.05) is 36.1 Å². The van der Waals surface area contributed by atoms with E-state index in [-0.39, 0.29) is 6.03 Å². The summed E-state index contributed by atoms with van der Waals surface area (Å²) in [6.07, 6.45) is 4.57. The van der Waals surface area contributed by atoms with E-state index in [2.05, 4.69) is 67.9 Å². The second kappa shape index (κ2) is 10.9. The van der Waals surface area contributed by atoms with Crippen molar-refractivity contribution in [1.29, 1.82) is 0 Å². The summed E-state index contributed by atoms with van der Waals surface area (Å²) in [5.41, 5.74) is 7.48. The van der Waals surface area contributed by atoms with Gasteiger partial charge >= 0.3 is 6.03 Å². The van der Waals surface area contributed by atoms with Gasteiger partial charge in [-0.25, -0.2) is 14.5 Å². The van der Waals surface area contributed by atoms with Crippen LogP contribution in [0.4, 0.5) is 10.5 Å². The topological polar surface area (TPSA) is 93.1 Å². The fourth-order valence-electron chi connectivity index (χ4n) is 4.43. The molecule has 0 saturated carbocycles. The molecule has 1 aromatic carbocycles. The van der Waals surface area contributed by atoms with Crippen LogP contribution in [0.2, 0.25) is 0 Å². The molecule has 0 bridgehead atoms. The van der Waals surface area contributed by atoms with Gasteiger partial charge in [0, 0.05) is 50.1 Å². The Morgan fingerprint density at radius 3 is 2.68 bits per heavy atom. The lowest BCUT2D eigenvalue weighted by atomic mass is 9.90. The van der Waals surface area contributed by atoms with Gasteiger partial charge in [-0.15, -0.1) is 0 Å². The molecule has 0 atom stereocenters. The van der Waals surface area contributed by atoms with Crippen LogP contribution in [0.5, 0.6) is 0 Å². The summed E-state index contributed by atoms with van der Waals surface area (Å²) in [6.45, 7) is 9.42. The second-order valence-corrected chi connectivity index (χ2v) is 8.95. The van der Waals surface area contributed by atoms with Crippen molar-refractivity contribution < 1.29 is 9.53 Å². The molecule has 8 nitrogen and oxygen atoms in total. The largest absolute Gasteiger partial charge is 0.381 e. The van der Waals surface area contributed by atoms with Crippen LogP contribution in [0.3, 0.4) is 0 Å². The number of aryl methyl sites for hydroxylation is 3. The number of nitrogens with one attached hydrogen (secondary N) is 3. The molecule has 1 saturated heterocycles. The summed E-state index contributed by atoms with van der Waals surface area (Å²) in [7, 11) is 2.09. The number of fused-ring (bicyclic) bond motifs is 1. The van der Waals surface area contributed by atoms with Crippen LogP contribution < -0.4 is 21.4 Å². The Morgan fingerprint density at radius 2 is 1.97 bits per heavy atom. The minimum Gasteiger partial charge on any atom is -0.381 e. The first-order valence-corrected chi connectivity index (χ1v) is 12.3. The molecule has 3 N–H and O–H groups in total. The molecular formula is C25H35BN6O2. The van der Waals surface area contributed by atoms with Crippen LogP contribution in [-0.2, 0) is 30.8 Å². The predicted molar refractivity (Wildman–Crippen MR) is 138 cm³/mol. The van der Waals surface area contributed by atoms with E-state index in [4.69, 9.17) is 9.72 Å². The smallest absolute Gasteiger partial charge is 0.315 e. The molecule has 2 aromatic heterocycles. The Balaban J connectivity index is 1.54. The Bertz CT molecular complexity index is 1160. The summed E-state index contributed by atoms with van der Waals surface area (Å²) in [5.74, 6) is 0. The van der Waals surface area contributed by atoms with Crippen LogP contribution in [0.1, 0.15) is 49.1 Å². The highest BCUT2D eigenvalue weighted by atomic mass is 16.5. The first-order valence-electron chi connectivity index (χ1n) is 12.3. The number of anilines is 1. The maximum Gasteiger partial charge on any atom is 0.315 e. The van der Waals surface area contributed by atoms with Gasteiger partial charge in [0.1, 0.15) is 7.85 Å². The van der Waals surface area contributed by atoms with Crippen LogP contribution in [0, 0.1) is 6.92 Å². The molecular weight excluding hydrogens is 427 g/mol. The summed E-state index contributed by atoms with van der Waals surface area (Å²) in [6, 6.07) is 6.39. The highest BCUT2D eigenvalue weighted by Gasteiger charge is 2.22. The van der Waals surface area contributed by atoms with Crippen molar-refractivity contribution >= 4 is 36.1 Å². The van der Waals surface area contributed by atoms with Crippen LogP contribution >= 0.6 is 0 Å². The van der Waals surface area contributed by atoms with Gasteiger partial charge in [-0.05, 0) is 38.7 Å². The Labute approximate surface area is 202 Å². The molecule has 2 amide bonds. The zero-order valence-electron chi connectivity index (χ0n) is 20.7. The second-order valence-electron chi connectivity index (χ2n) is 8.95. The Hall–Kier alpha value is -3.07. The fraction of sp³-hybridized carbons (Fsp3) is 0.480. The molecule has 3 aromatic rings. The van der Waals surface area contributed by atoms with E-state index < -0.39 is 0 Å². The molecule has 1 aliphatic rings. The molecule has 0 unspecified atom stereocenters. The van der Waals surface area contributed by atoms with E-state index >= 15 is 0 Å². The number of carbonyl (C=O) groups is 1. The normalized spacial score (nSPS) is 14.3. The molecule has 9 heteroatoms. The van der Waals surface area contributed by atoms with Gasteiger partial charge in [-0.2, -0.15) is 5.10 Å². The highest BCUT2D eigenvalue weighted by Crippen LogP contribution is 2.31. The Kier molecular flexibility index (Phi) is 7.72. The van der Waals surface area contributed by atoms with E-state index in [1.54, 1.807) is 0 Å². The Morgan fingerprint density at radius 1 is 1.21 bits per heavy atom. The summed E-state index contributed by atoms with van der Waals surface area (Å²) >= 11 is 0. The third-order valence-corrected chi connectivity index (χ3v) is 6.63. The molecule has 0 aliphatic carbocycles. The third-order valence-electron chi connectivity index (χ3n) is 6.63. The first kappa shape index (κ1) is 24.1.